The minimum Gasteiger partial charge on any atom is -0.481 e. The topological polar surface area (TPSA) is 67.8 Å². The van der Waals surface area contributed by atoms with Gasteiger partial charge in [-0.15, -0.1) is 0 Å². The van der Waals surface area contributed by atoms with E-state index in [9.17, 15) is 0 Å². The molecular weight excluding hydrogens is 120 g/mol. The van der Waals surface area contributed by atoms with Gasteiger partial charge in [-0.05, 0) is 0 Å². The van der Waals surface area contributed by atoms with Crippen LogP contribution in [0.3, 0.4) is 0 Å². The third-order valence-corrected chi connectivity index (χ3v) is 1.28. The summed E-state index contributed by atoms with van der Waals surface area (Å²) in [7, 11) is 0. The second kappa shape index (κ2) is 2.80. The molecule has 4 nitrogen and oxygen atoms in total. The Morgan fingerprint density at radius 3 is 3.22 bits per heavy atom. The highest BCUT2D eigenvalue weighted by Gasteiger charge is 2.19. The van der Waals surface area contributed by atoms with Crippen molar-refractivity contribution in [3.63, 3.8) is 0 Å². The first-order chi connectivity index (χ1) is 4.34. The van der Waals surface area contributed by atoms with E-state index >= 15 is 0 Å². The molecule has 0 aromatic heterocycles. The van der Waals surface area contributed by atoms with Crippen LogP contribution in [0.5, 0.6) is 0 Å². The van der Waals surface area contributed by atoms with Gasteiger partial charge in [-0.3, -0.25) is 0 Å². The van der Waals surface area contributed by atoms with Gasteiger partial charge in [-0.2, -0.15) is 0 Å². The molecule has 1 rings (SSSR count). The zero-order valence-electron chi connectivity index (χ0n) is 5.03. The van der Waals surface area contributed by atoms with Crippen molar-refractivity contribution in [3.05, 3.63) is 0 Å². The highest BCUT2D eigenvalue weighted by molar-refractivity contribution is 5.49. The summed E-state index contributed by atoms with van der Waals surface area (Å²) in [6, 6.07) is -0.144. The molecule has 1 aliphatic rings. The summed E-state index contributed by atoms with van der Waals surface area (Å²) >= 11 is 0. The molecule has 0 aromatic rings. The molecule has 0 radical (unpaired) electrons. The smallest absolute Gasteiger partial charge is 0.169 e. The van der Waals surface area contributed by atoms with Gasteiger partial charge in [0.15, 0.2) is 6.40 Å². The second-order valence-corrected chi connectivity index (χ2v) is 1.96. The van der Waals surface area contributed by atoms with Crippen LogP contribution in [0.25, 0.3) is 0 Å². The lowest BCUT2D eigenvalue weighted by Crippen LogP contribution is -2.32. The van der Waals surface area contributed by atoms with E-state index in [2.05, 4.69) is 4.99 Å². The molecule has 3 N–H and O–H groups in total. The van der Waals surface area contributed by atoms with E-state index in [4.69, 9.17) is 15.6 Å². The molecule has 0 bridgehead atoms. The lowest BCUT2D eigenvalue weighted by atomic mass is 10.2. The molecule has 0 amide bonds. The number of rotatable bonds is 2. The van der Waals surface area contributed by atoms with Crippen molar-refractivity contribution in [3.8, 4) is 0 Å². The summed E-state index contributed by atoms with van der Waals surface area (Å²) in [5.41, 5.74) is 5.17. The van der Waals surface area contributed by atoms with Gasteiger partial charge in [0.05, 0.1) is 6.10 Å². The fourth-order valence-corrected chi connectivity index (χ4v) is 0.673. The first kappa shape index (κ1) is 6.51. The van der Waals surface area contributed by atoms with E-state index in [-0.39, 0.29) is 12.6 Å². The number of hydrogen-bond donors (Lipinski definition) is 2. The maximum Gasteiger partial charge on any atom is 0.169 e. The fourth-order valence-electron chi connectivity index (χ4n) is 0.673. The Kier molecular flexibility index (Phi) is 2.02. The van der Waals surface area contributed by atoms with Crippen LogP contribution >= 0.6 is 0 Å². The van der Waals surface area contributed by atoms with E-state index < -0.39 is 6.10 Å². The quantitative estimate of drug-likeness (QED) is 0.490. The van der Waals surface area contributed by atoms with Gasteiger partial charge in [-0.25, -0.2) is 4.99 Å². The lowest BCUT2D eigenvalue weighted by Gasteiger charge is -2.10. The molecule has 0 fully saturated rings. The minimum atomic E-state index is -0.552. The molecule has 0 spiro atoms. The Morgan fingerprint density at radius 2 is 2.78 bits per heavy atom. The first-order valence-electron chi connectivity index (χ1n) is 2.86. The summed E-state index contributed by atoms with van der Waals surface area (Å²) in [6.07, 6.45) is 0.799. The molecule has 0 saturated carbocycles. The van der Waals surface area contributed by atoms with Gasteiger partial charge in [0.25, 0.3) is 0 Å². The maximum atomic E-state index is 9.04. The molecule has 0 aromatic carbocycles. The molecule has 0 saturated heterocycles. The van der Waals surface area contributed by atoms with Crippen LogP contribution in [-0.2, 0) is 4.74 Å². The third kappa shape index (κ3) is 1.40. The van der Waals surface area contributed by atoms with Crippen LogP contribution in [0.4, 0.5) is 0 Å². The molecule has 4 heteroatoms. The largest absolute Gasteiger partial charge is 0.481 e. The Bertz CT molecular complexity index is 116. The standard InChI is InChI=1S/C5H10N2O2/c6-1-5(8)4-2-9-3-7-4/h3-5,8H,1-2,6H2. The summed E-state index contributed by atoms with van der Waals surface area (Å²) in [5, 5.41) is 9.04. The van der Waals surface area contributed by atoms with Gasteiger partial charge in [0.1, 0.15) is 12.6 Å². The van der Waals surface area contributed by atoms with Crippen LogP contribution in [0.1, 0.15) is 0 Å². The first-order valence-corrected chi connectivity index (χ1v) is 2.86. The second-order valence-electron chi connectivity index (χ2n) is 1.96. The van der Waals surface area contributed by atoms with Crippen molar-refractivity contribution in [2.24, 2.45) is 10.7 Å². The highest BCUT2D eigenvalue weighted by Crippen LogP contribution is 2.02. The molecular formula is C5H10N2O2. The SMILES string of the molecule is NCC(O)C1COC=N1. The number of hydrogen-bond acceptors (Lipinski definition) is 4. The molecule has 1 aliphatic heterocycles. The van der Waals surface area contributed by atoms with Gasteiger partial charge in [-0.1, -0.05) is 0 Å². The van der Waals surface area contributed by atoms with Gasteiger partial charge in [0, 0.05) is 6.54 Å². The van der Waals surface area contributed by atoms with E-state index in [0.717, 1.165) is 0 Å². The fraction of sp³-hybridized carbons (Fsp3) is 0.800. The number of nitrogens with zero attached hydrogens (tertiary/aromatic N) is 1. The predicted octanol–water partition coefficient (Wildman–Crippen LogP) is -1.27. The molecule has 1 heterocycles. The van der Waals surface area contributed by atoms with Crippen LogP contribution in [0, 0.1) is 0 Å². The van der Waals surface area contributed by atoms with Gasteiger partial charge < -0.3 is 15.6 Å². The average Bonchev–Trinajstić information content (AvgIpc) is 2.37. The van der Waals surface area contributed by atoms with Crippen molar-refractivity contribution in [2.45, 2.75) is 12.1 Å². The molecule has 2 unspecified atom stereocenters. The van der Waals surface area contributed by atoms with Gasteiger partial charge >= 0.3 is 0 Å². The summed E-state index contributed by atoms with van der Waals surface area (Å²) in [4.78, 5) is 3.83. The Hall–Kier alpha value is -0.610. The Balaban J connectivity index is 2.33. The van der Waals surface area contributed by atoms with Crippen LogP contribution in [0.15, 0.2) is 4.99 Å². The molecule has 2 atom stereocenters. The van der Waals surface area contributed by atoms with Crippen molar-refractivity contribution in [1.82, 2.24) is 0 Å². The number of nitrogens with two attached hydrogens (primary N) is 1. The van der Waals surface area contributed by atoms with Crippen molar-refractivity contribution in [1.29, 1.82) is 0 Å². The third-order valence-electron chi connectivity index (χ3n) is 1.28. The normalized spacial score (nSPS) is 28.0. The number of aliphatic hydroxyl groups is 1. The van der Waals surface area contributed by atoms with Gasteiger partial charge in [0.2, 0.25) is 0 Å². The average molecular weight is 130 g/mol. The predicted molar refractivity (Wildman–Crippen MR) is 33.3 cm³/mol. The molecule has 9 heavy (non-hydrogen) atoms. The van der Waals surface area contributed by atoms with E-state index in [1.54, 1.807) is 0 Å². The summed E-state index contributed by atoms with van der Waals surface area (Å²) in [6.45, 7) is 0.698. The Labute approximate surface area is 53.3 Å². The van der Waals surface area contributed by atoms with Crippen molar-refractivity contribution in [2.75, 3.05) is 13.2 Å². The summed E-state index contributed by atoms with van der Waals surface area (Å²) in [5.74, 6) is 0. The zero-order valence-corrected chi connectivity index (χ0v) is 5.03. The maximum absolute atomic E-state index is 9.04. The van der Waals surface area contributed by atoms with Crippen molar-refractivity contribution < 1.29 is 9.84 Å². The Morgan fingerprint density at radius 1 is 2.00 bits per heavy atom. The number of aliphatic hydroxyl groups excluding tert-OH is 1. The van der Waals surface area contributed by atoms with Crippen molar-refractivity contribution >= 4 is 6.40 Å². The van der Waals surface area contributed by atoms with Crippen LogP contribution < -0.4 is 5.73 Å². The highest BCUT2D eigenvalue weighted by atomic mass is 16.5. The molecule has 52 valence electrons. The van der Waals surface area contributed by atoms with Crippen LogP contribution in [-0.4, -0.2) is 36.8 Å². The zero-order chi connectivity index (χ0) is 6.69. The number of ether oxygens (including phenoxy) is 1. The summed E-state index contributed by atoms with van der Waals surface area (Å²) < 4.78 is 4.77. The van der Waals surface area contributed by atoms with E-state index in [0.29, 0.717) is 6.61 Å². The monoisotopic (exact) mass is 130 g/mol. The van der Waals surface area contributed by atoms with E-state index in [1.807, 2.05) is 0 Å². The number of aliphatic imine (C=N–C) groups is 1. The lowest BCUT2D eigenvalue weighted by molar-refractivity contribution is 0.136. The molecule has 0 aliphatic carbocycles. The minimum absolute atomic E-state index is 0.144. The van der Waals surface area contributed by atoms with E-state index in [1.165, 1.54) is 6.40 Å². The van der Waals surface area contributed by atoms with Crippen LogP contribution in [0.2, 0.25) is 0 Å².